The van der Waals surface area contributed by atoms with Gasteiger partial charge in [0.1, 0.15) is 50.6 Å². The van der Waals surface area contributed by atoms with Gasteiger partial charge in [-0.1, -0.05) is 30.7 Å². The fraction of sp³-hybridized carbons (Fsp3) is 0.400. The molecule has 1 saturated heterocycles. The summed E-state index contributed by atoms with van der Waals surface area (Å²) in [6.45, 7) is 10.5. The van der Waals surface area contributed by atoms with Gasteiger partial charge in [-0.15, -0.1) is 0 Å². The lowest BCUT2D eigenvalue weighted by Crippen LogP contribution is -3.27. The molecule has 158 valence electrons. The zero-order chi connectivity index (χ0) is 21.1. The van der Waals surface area contributed by atoms with Crippen molar-refractivity contribution in [2.45, 2.75) is 33.4 Å². The molecule has 5 heteroatoms. The summed E-state index contributed by atoms with van der Waals surface area (Å²) < 4.78 is 11.0. The molecule has 2 aromatic carbocycles. The molecule has 1 aromatic heterocycles. The summed E-state index contributed by atoms with van der Waals surface area (Å²) in [5.74, 6) is 0.983. The number of piperazine rings is 1. The van der Waals surface area contributed by atoms with Crippen LogP contribution in [-0.4, -0.2) is 33.3 Å². The molecule has 0 unspecified atom stereocenters. The Labute approximate surface area is 177 Å². The van der Waals surface area contributed by atoms with E-state index < -0.39 is 0 Å². The second-order valence-electron chi connectivity index (χ2n) is 8.44. The van der Waals surface area contributed by atoms with Gasteiger partial charge in [0.2, 0.25) is 0 Å². The minimum atomic E-state index is -0.249. The zero-order valence-electron chi connectivity index (χ0n) is 18.2. The fourth-order valence-electron chi connectivity index (χ4n) is 4.54. The summed E-state index contributed by atoms with van der Waals surface area (Å²) in [6.07, 6.45) is 0.936. The molecule has 0 aliphatic carbocycles. The predicted molar refractivity (Wildman–Crippen MR) is 118 cm³/mol. The molecule has 2 heterocycles. The van der Waals surface area contributed by atoms with Crippen LogP contribution in [0.15, 0.2) is 51.7 Å². The van der Waals surface area contributed by atoms with E-state index in [0.717, 1.165) is 62.4 Å². The highest BCUT2D eigenvalue weighted by Gasteiger charge is 2.25. The first-order valence-electron chi connectivity index (χ1n) is 10.9. The molecular formula is C25H32N2O3+2. The molecule has 0 atom stereocenters. The van der Waals surface area contributed by atoms with Crippen LogP contribution in [0.2, 0.25) is 0 Å². The molecule has 1 aliphatic rings. The van der Waals surface area contributed by atoms with Gasteiger partial charge in [0.25, 0.3) is 0 Å². The Bertz CT molecular complexity index is 1080. The van der Waals surface area contributed by atoms with Crippen molar-refractivity contribution in [1.29, 1.82) is 0 Å². The van der Waals surface area contributed by atoms with Crippen LogP contribution in [-0.2, 0) is 19.5 Å². The largest absolute Gasteiger partial charge is 0.496 e. The number of methoxy groups -OCH3 is 1. The summed E-state index contributed by atoms with van der Waals surface area (Å²) in [7, 11) is 1.75. The Morgan fingerprint density at radius 1 is 0.933 bits per heavy atom. The van der Waals surface area contributed by atoms with Crippen molar-refractivity contribution < 1.29 is 19.0 Å². The number of fused-ring (bicyclic) bond motifs is 1. The highest BCUT2D eigenvalue weighted by atomic mass is 16.5. The average Bonchev–Trinajstić information content (AvgIpc) is 2.74. The summed E-state index contributed by atoms with van der Waals surface area (Å²) in [5, 5.41) is 1.07. The molecule has 0 amide bonds. The summed E-state index contributed by atoms with van der Waals surface area (Å²) in [5.41, 5.74) is 5.32. The van der Waals surface area contributed by atoms with Gasteiger partial charge in [0, 0.05) is 22.6 Å². The van der Waals surface area contributed by atoms with E-state index in [1.54, 1.807) is 18.1 Å². The molecule has 0 bridgehead atoms. The summed E-state index contributed by atoms with van der Waals surface area (Å²) in [4.78, 5) is 15.2. The molecule has 0 radical (unpaired) electrons. The van der Waals surface area contributed by atoms with Gasteiger partial charge in [0.15, 0.2) is 0 Å². The van der Waals surface area contributed by atoms with E-state index in [4.69, 9.17) is 9.15 Å². The maximum absolute atomic E-state index is 12.1. The third-order valence-corrected chi connectivity index (χ3v) is 6.28. The number of rotatable bonds is 6. The van der Waals surface area contributed by atoms with Crippen molar-refractivity contribution in [3.05, 3.63) is 75.1 Å². The smallest absolute Gasteiger partial charge is 0.336 e. The van der Waals surface area contributed by atoms with E-state index >= 15 is 0 Å². The van der Waals surface area contributed by atoms with Crippen LogP contribution in [0.3, 0.4) is 0 Å². The van der Waals surface area contributed by atoms with Crippen LogP contribution in [0.4, 0.5) is 0 Å². The van der Waals surface area contributed by atoms with Gasteiger partial charge in [-0.3, -0.25) is 0 Å². The maximum Gasteiger partial charge on any atom is 0.336 e. The Morgan fingerprint density at radius 2 is 1.63 bits per heavy atom. The fourth-order valence-corrected chi connectivity index (χ4v) is 4.54. The van der Waals surface area contributed by atoms with Crippen LogP contribution in [0.1, 0.15) is 29.2 Å². The molecule has 3 aromatic rings. The van der Waals surface area contributed by atoms with Crippen LogP contribution in [0.25, 0.3) is 11.0 Å². The number of nitrogens with one attached hydrogen (secondary N) is 2. The van der Waals surface area contributed by atoms with Gasteiger partial charge in [-0.25, -0.2) is 4.79 Å². The van der Waals surface area contributed by atoms with E-state index in [0.29, 0.717) is 5.58 Å². The lowest BCUT2D eigenvalue weighted by molar-refractivity contribution is -1.02. The van der Waals surface area contributed by atoms with Crippen LogP contribution in [0.5, 0.6) is 5.75 Å². The molecular weight excluding hydrogens is 376 g/mol. The monoisotopic (exact) mass is 408 g/mol. The number of ether oxygens (including phenoxy) is 1. The molecule has 0 saturated carbocycles. The highest BCUT2D eigenvalue weighted by molar-refractivity contribution is 5.80. The van der Waals surface area contributed by atoms with Crippen LogP contribution >= 0.6 is 0 Å². The first-order valence-corrected chi connectivity index (χ1v) is 10.9. The second kappa shape index (κ2) is 9.02. The lowest BCUT2D eigenvalue weighted by Gasteiger charge is -2.30. The number of aryl methyl sites for hydroxylation is 2. The van der Waals surface area contributed by atoms with Gasteiger partial charge in [-0.2, -0.15) is 0 Å². The predicted octanol–water partition coefficient (Wildman–Crippen LogP) is 1.16. The Hall–Kier alpha value is -2.63. The maximum atomic E-state index is 12.1. The zero-order valence-corrected chi connectivity index (χ0v) is 18.2. The SMILES string of the molecule is CCc1ccc2c(C[NH+]3CC[NH+](Cc4cc(C)ccc4OC)CC3)cc(=O)oc2c1. The topological polar surface area (TPSA) is 48.3 Å². The number of quaternary nitrogens is 2. The van der Waals surface area contributed by atoms with Crippen molar-refractivity contribution in [1.82, 2.24) is 0 Å². The van der Waals surface area contributed by atoms with Crippen molar-refractivity contribution in [3.8, 4) is 5.75 Å². The molecule has 2 N–H and O–H groups in total. The van der Waals surface area contributed by atoms with E-state index in [2.05, 4.69) is 44.2 Å². The number of benzene rings is 2. The van der Waals surface area contributed by atoms with E-state index in [-0.39, 0.29) is 5.63 Å². The molecule has 1 aliphatic heterocycles. The molecule has 4 rings (SSSR count). The lowest BCUT2D eigenvalue weighted by atomic mass is 10.1. The highest BCUT2D eigenvalue weighted by Crippen LogP contribution is 2.19. The molecule has 0 spiro atoms. The molecule has 5 nitrogen and oxygen atoms in total. The quantitative estimate of drug-likeness (QED) is 0.602. The first kappa shape index (κ1) is 20.6. The van der Waals surface area contributed by atoms with Crippen molar-refractivity contribution >= 4 is 11.0 Å². The van der Waals surface area contributed by atoms with Crippen molar-refractivity contribution in [2.75, 3.05) is 33.3 Å². The van der Waals surface area contributed by atoms with Gasteiger partial charge < -0.3 is 19.0 Å². The van der Waals surface area contributed by atoms with Crippen LogP contribution < -0.4 is 20.2 Å². The molecule has 1 fully saturated rings. The minimum absolute atomic E-state index is 0.249. The molecule has 30 heavy (non-hydrogen) atoms. The van der Waals surface area contributed by atoms with Crippen LogP contribution in [0, 0.1) is 6.92 Å². The van der Waals surface area contributed by atoms with Crippen molar-refractivity contribution in [3.63, 3.8) is 0 Å². The number of hydrogen-bond acceptors (Lipinski definition) is 3. The van der Waals surface area contributed by atoms with E-state index in [1.807, 2.05) is 6.07 Å². The van der Waals surface area contributed by atoms with Gasteiger partial charge >= 0.3 is 5.63 Å². The minimum Gasteiger partial charge on any atom is -0.496 e. The summed E-state index contributed by atoms with van der Waals surface area (Å²) >= 11 is 0. The second-order valence-corrected chi connectivity index (χ2v) is 8.44. The van der Waals surface area contributed by atoms with Gasteiger partial charge in [0.05, 0.1) is 7.11 Å². The Balaban J connectivity index is 1.43. The van der Waals surface area contributed by atoms with E-state index in [1.165, 1.54) is 21.6 Å². The third kappa shape index (κ3) is 4.58. The third-order valence-electron chi connectivity index (χ3n) is 6.28. The average molecular weight is 409 g/mol. The normalized spacial score (nSPS) is 19.2. The van der Waals surface area contributed by atoms with E-state index in [9.17, 15) is 4.79 Å². The first-order chi connectivity index (χ1) is 14.6. The van der Waals surface area contributed by atoms with Crippen molar-refractivity contribution in [2.24, 2.45) is 0 Å². The Morgan fingerprint density at radius 3 is 2.30 bits per heavy atom. The Kier molecular flexibility index (Phi) is 6.21. The number of hydrogen-bond donors (Lipinski definition) is 2. The van der Waals surface area contributed by atoms with Gasteiger partial charge in [-0.05, 0) is 37.1 Å². The standard InChI is InChI=1S/C25H30N2O3/c1-4-19-6-7-22-20(15-25(28)30-24(22)14-19)16-26-9-11-27(12-10-26)17-21-13-18(2)5-8-23(21)29-3/h5-8,13-15H,4,9-12,16-17H2,1-3H3/p+2. The summed E-state index contributed by atoms with van der Waals surface area (Å²) in [6, 6.07) is 14.3.